The number of benzene rings is 1. The highest BCUT2D eigenvalue weighted by Crippen LogP contribution is 2.23. The Hall–Kier alpha value is -2.42. The summed E-state index contributed by atoms with van der Waals surface area (Å²) in [6.45, 7) is 3.52. The third-order valence-corrected chi connectivity index (χ3v) is 3.13. The van der Waals surface area contributed by atoms with Crippen LogP contribution >= 0.6 is 0 Å². The van der Waals surface area contributed by atoms with Crippen LogP contribution in [0.2, 0.25) is 0 Å². The summed E-state index contributed by atoms with van der Waals surface area (Å²) in [7, 11) is 0. The minimum atomic E-state index is -0.706. The molecule has 0 spiro atoms. The zero-order valence-corrected chi connectivity index (χ0v) is 11.2. The Morgan fingerprint density at radius 1 is 1.45 bits per heavy atom. The van der Waals surface area contributed by atoms with Crippen molar-refractivity contribution in [3.05, 3.63) is 29.6 Å². The van der Waals surface area contributed by atoms with E-state index in [4.69, 9.17) is 5.26 Å². The highest BCUT2D eigenvalue weighted by molar-refractivity contribution is 6.07. The number of carbonyl (C=O) groups excluding carboxylic acids is 2. The fourth-order valence-electron chi connectivity index (χ4n) is 2.23. The molecule has 0 saturated carbocycles. The quantitative estimate of drug-likeness (QED) is 0.851. The largest absolute Gasteiger partial charge is 0.372 e. The molecule has 1 atom stereocenters. The van der Waals surface area contributed by atoms with Crippen LogP contribution in [0.15, 0.2) is 18.2 Å². The fraction of sp³-hybridized carbons (Fsp3) is 0.357. The van der Waals surface area contributed by atoms with E-state index in [1.807, 2.05) is 6.07 Å². The topological polar surface area (TPSA) is 73.2 Å². The number of carbonyl (C=O) groups is 2. The highest BCUT2D eigenvalue weighted by atomic mass is 19.1. The van der Waals surface area contributed by atoms with E-state index in [1.54, 1.807) is 13.8 Å². The molecule has 1 aliphatic rings. The molecular formula is C14H14FN3O2. The van der Waals surface area contributed by atoms with Gasteiger partial charge in [0.25, 0.3) is 5.91 Å². The van der Waals surface area contributed by atoms with Gasteiger partial charge in [-0.1, -0.05) is 0 Å². The third-order valence-electron chi connectivity index (χ3n) is 3.13. The Labute approximate surface area is 116 Å². The molecule has 2 rings (SSSR count). The average Bonchev–Trinajstić information content (AvgIpc) is 2.66. The first-order valence-electron chi connectivity index (χ1n) is 6.26. The molecule has 1 N–H and O–H groups in total. The summed E-state index contributed by atoms with van der Waals surface area (Å²) in [5.74, 6) is -1.09. The fourth-order valence-corrected chi connectivity index (χ4v) is 2.23. The van der Waals surface area contributed by atoms with Gasteiger partial charge >= 0.3 is 0 Å². The Bertz CT molecular complexity index is 607. The van der Waals surface area contributed by atoms with Crippen LogP contribution in [0.25, 0.3) is 0 Å². The second-order valence-corrected chi connectivity index (χ2v) is 4.90. The van der Waals surface area contributed by atoms with Crippen molar-refractivity contribution < 1.29 is 14.0 Å². The van der Waals surface area contributed by atoms with Gasteiger partial charge in [0.1, 0.15) is 17.9 Å². The van der Waals surface area contributed by atoms with Crippen molar-refractivity contribution >= 4 is 17.5 Å². The van der Waals surface area contributed by atoms with Crippen molar-refractivity contribution in [2.24, 2.45) is 0 Å². The standard InChI is InChI=1S/C14H14FN3O2/c1-8(2)18-13(19)6-12(14(18)20)17-11-4-3-10(15)5-9(11)7-16/h3-5,8,12,17H,6H2,1-2H3. The predicted octanol–water partition coefficient (Wildman–Crippen LogP) is 1.65. The van der Waals surface area contributed by atoms with E-state index >= 15 is 0 Å². The maximum absolute atomic E-state index is 13.0. The number of hydrogen-bond donors (Lipinski definition) is 1. The lowest BCUT2D eigenvalue weighted by Crippen LogP contribution is -2.39. The second-order valence-electron chi connectivity index (χ2n) is 4.90. The molecule has 1 saturated heterocycles. The molecule has 20 heavy (non-hydrogen) atoms. The van der Waals surface area contributed by atoms with Crippen molar-refractivity contribution in [2.75, 3.05) is 5.32 Å². The van der Waals surface area contributed by atoms with E-state index < -0.39 is 11.9 Å². The van der Waals surface area contributed by atoms with Crippen molar-refractivity contribution in [2.45, 2.75) is 32.4 Å². The van der Waals surface area contributed by atoms with Gasteiger partial charge in [-0.15, -0.1) is 0 Å². The molecule has 0 bridgehead atoms. The van der Waals surface area contributed by atoms with Gasteiger partial charge in [0.05, 0.1) is 17.7 Å². The highest BCUT2D eigenvalue weighted by Gasteiger charge is 2.40. The summed E-state index contributed by atoms with van der Waals surface area (Å²) in [6, 6.07) is 4.63. The number of imide groups is 1. The predicted molar refractivity (Wildman–Crippen MR) is 70.1 cm³/mol. The van der Waals surface area contributed by atoms with Gasteiger partial charge in [-0.2, -0.15) is 5.26 Å². The minimum Gasteiger partial charge on any atom is -0.372 e. The van der Waals surface area contributed by atoms with Crippen molar-refractivity contribution in [3.8, 4) is 6.07 Å². The van der Waals surface area contributed by atoms with Gasteiger partial charge in [0.15, 0.2) is 0 Å². The summed E-state index contributed by atoms with van der Waals surface area (Å²) >= 11 is 0. The maximum Gasteiger partial charge on any atom is 0.252 e. The second kappa shape index (κ2) is 5.29. The summed E-state index contributed by atoms with van der Waals surface area (Å²) < 4.78 is 13.0. The molecule has 2 amide bonds. The Balaban J connectivity index is 2.22. The van der Waals surface area contributed by atoms with Gasteiger partial charge in [-0.3, -0.25) is 14.5 Å². The van der Waals surface area contributed by atoms with Gasteiger partial charge in [0, 0.05) is 6.04 Å². The van der Waals surface area contributed by atoms with Crippen LogP contribution in [0.5, 0.6) is 0 Å². The molecule has 1 heterocycles. The number of likely N-dealkylation sites (tertiary alicyclic amines) is 1. The molecule has 1 unspecified atom stereocenters. The number of rotatable bonds is 3. The lowest BCUT2D eigenvalue weighted by molar-refractivity contribution is -0.140. The first-order chi connectivity index (χ1) is 9.43. The van der Waals surface area contributed by atoms with Crippen LogP contribution in [-0.4, -0.2) is 28.8 Å². The zero-order valence-electron chi connectivity index (χ0n) is 11.2. The van der Waals surface area contributed by atoms with E-state index in [1.165, 1.54) is 17.0 Å². The van der Waals surface area contributed by atoms with E-state index in [2.05, 4.69) is 5.32 Å². The smallest absolute Gasteiger partial charge is 0.252 e. The minimum absolute atomic E-state index is 0.0409. The van der Waals surface area contributed by atoms with E-state index in [-0.39, 0.29) is 29.8 Å². The molecule has 6 heteroatoms. The number of nitriles is 1. The number of nitrogens with zero attached hydrogens (tertiary/aromatic N) is 2. The monoisotopic (exact) mass is 275 g/mol. The summed E-state index contributed by atoms with van der Waals surface area (Å²) in [5.41, 5.74) is 0.457. The van der Waals surface area contributed by atoms with Gasteiger partial charge in [-0.25, -0.2) is 4.39 Å². The van der Waals surface area contributed by atoms with Crippen LogP contribution < -0.4 is 5.32 Å². The number of hydrogen-bond acceptors (Lipinski definition) is 4. The van der Waals surface area contributed by atoms with Crippen molar-refractivity contribution in [1.29, 1.82) is 5.26 Å². The third kappa shape index (κ3) is 2.48. The molecule has 0 radical (unpaired) electrons. The van der Waals surface area contributed by atoms with Crippen LogP contribution in [0.4, 0.5) is 10.1 Å². The number of nitrogens with one attached hydrogen (secondary N) is 1. The van der Waals surface area contributed by atoms with E-state index in [9.17, 15) is 14.0 Å². The van der Waals surface area contributed by atoms with Crippen molar-refractivity contribution in [1.82, 2.24) is 4.90 Å². The molecule has 1 aliphatic heterocycles. The Morgan fingerprint density at radius 3 is 2.70 bits per heavy atom. The maximum atomic E-state index is 13.0. The number of amides is 2. The molecule has 1 aromatic rings. The Morgan fingerprint density at radius 2 is 2.15 bits per heavy atom. The normalized spacial score (nSPS) is 18.6. The van der Waals surface area contributed by atoms with Crippen molar-refractivity contribution in [3.63, 3.8) is 0 Å². The first-order valence-corrected chi connectivity index (χ1v) is 6.26. The molecular weight excluding hydrogens is 261 g/mol. The zero-order chi connectivity index (χ0) is 14.9. The lowest BCUT2D eigenvalue weighted by atomic mass is 10.1. The molecule has 0 aliphatic carbocycles. The van der Waals surface area contributed by atoms with E-state index in [0.29, 0.717) is 5.69 Å². The molecule has 0 aromatic heterocycles. The van der Waals surface area contributed by atoms with Gasteiger partial charge < -0.3 is 5.32 Å². The van der Waals surface area contributed by atoms with Crippen LogP contribution in [0, 0.1) is 17.1 Å². The van der Waals surface area contributed by atoms with Crippen LogP contribution in [0.3, 0.4) is 0 Å². The first kappa shape index (κ1) is 14.0. The average molecular weight is 275 g/mol. The summed E-state index contributed by atoms with van der Waals surface area (Å²) in [5, 5.41) is 11.8. The van der Waals surface area contributed by atoms with Crippen LogP contribution in [0.1, 0.15) is 25.8 Å². The van der Waals surface area contributed by atoms with Gasteiger partial charge in [-0.05, 0) is 32.0 Å². The number of halogens is 1. The van der Waals surface area contributed by atoms with Crippen LogP contribution in [-0.2, 0) is 9.59 Å². The van der Waals surface area contributed by atoms with Gasteiger partial charge in [0.2, 0.25) is 5.91 Å². The SMILES string of the molecule is CC(C)N1C(=O)CC(Nc2ccc(F)cc2C#N)C1=O. The van der Waals surface area contributed by atoms with E-state index in [0.717, 1.165) is 6.07 Å². The molecule has 1 aromatic carbocycles. The summed E-state index contributed by atoms with van der Waals surface area (Å²) in [4.78, 5) is 25.1. The molecule has 104 valence electrons. The lowest BCUT2D eigenvalue weighted by Gasteiger charge is -2.19. The summed E-state index contributed by atoms with van der Waals surface area (Å²) in [6.07, 6.45) is 0.0409. The Kier molecular flexibility index (Phi) is 3.70. The molecule has 1 fully saturated rings. The molecule has 5 nitrogen and oxygen atoms in total. The number of anilines is 1.